The Morgan fingerprint density at radius 3 is 2.21 bits per heavy atom. The quantitative estimate of drug-likeness (QED) is 0.0591. The van der Waals surface area contributed by atoms with E-state index in [1.54, 1.807) is 40.1 Å². The zero-order valence-electron chi connectivity index (χ0n) is 43.5. The van der Waals surface area contributed by atoms with Crippen molar-refractivity contribution < 1.29 is 42.2 Å². The van der Waals surface area contributed by atoms with E-state index in [-0.39, 0.29) is 74.9 Å². The Hall–Kier alpha value is -6.82. The van der Waals surface area contributed by atoms with Crippen LogP contribution in [0, 0.1) is 12.3 Å². The number of nitrogens with one attached hydrogen (secondary N) is 4. The van der Waals surface area contributed by atoms with Crippen molar-refractivity contribution in [2.24, 2.45) is 5.41 Å². The topological polar surface area (TPSA) is 242 Å². The van der Waals surface area contributed by atoms with E-state index in [0.29, 0.717) is 24.7 Å². The molecule has 2 aliphatic heterocycles. The predicted molar refractivity (Wildman–Crippen MR) is 291 cm³/mol. The average molecular weight is 1080 g/mol. The number of aliphatic hydroxyl groups excluding tert-OH is 1. The van der Waals surface area contributed by atoms with Crippen LogP contribution in [0.3, 0.4) is 0 Å². The molecule has 0 radical (unpaired) electrons. The SMILES string of the molecule is Cc1ncsc1-c1ccc(CNC(=O)[C@@H]2C[C@@H](O)CN2C(=O)[C@@H](NC(=O)CCOCCOCCNC(=O)CN2CCN(c3ccc(Nc4nc5cccc(-c6ccc(S(C)(=O)=O)cc6)n5n4)cc3)CC2)C(C)(C)C)cc1. The molecule has 2 fully saturated rings. The number of aryl methyl sites for hydroxylation is 1. The molecule has 5 heterocycles. The standard InChI is InChI=1S/C54H67N11O9S2/c1-36-49(75-35-57-36)39-11-9-37(10-12-39)32-56-51(69)45-31-42(66)33-64(45)52(70)50(54(2,3)4)60-47(67)21-27-73-29-30-74-28-22-55-48(68)34-62-23-25-63(26-24-62)41-17-15-40(16-18-41)58-53-59-46-8-6-7-44(65(46)61-53)38-13-19-43(20-14-38)76(5,71)72/h6-20,35,42,45,50,66H,21-34H2,1-5H3,(H,55,68)(H,56,69)(H,58,61)(H,60,67)/t42-,45+,50-/m1/s1. The van der Waals surface area contributed by atoms with Crippen LogP contribution >= 0.6 is 11.3 Å². The third-order valence-electron chi connectivity index (χ3n) is 13.3. The molecule has 2 aliphatic rings. The van der Waals surface area contributed by atoms with Gasteiger partial charge < -0.3 is 45.6 Å². The highest BCUT2D eigenvalue weighted by Crippen LogP contribution is 2.30. The summed E-state index contributed by atoms with van der Waals surface area (Å²) in [7, 11) is -3.31. The lowest BCUT2D eigenvalue weighted by molar-refractivity contribution is -0.144. The first-order valence-corrected chi connectivity index (χ1v) is 28.1. The second-order valence-electron chi connectivity index (χ2n) is 20.1. The Labute approximate surface area is 447 Å². The first-order valence-electron chi connectivity index (χ1n) is 25.4. The fraction of sp³-hybridized carbons (Fsp3) is 0.426. The maximum Gasteiger partial charge on any atom is 0.247 e. The van der Waals surface area contributed by atoms with Gasteiger partial charge in [0.1, 0.15) is 12.1 Å². The minimum absolute atomic E-state index is 0.00359. The number of β-amino-alcohol motifs (C(OH)–C–C–N with tert-alkyl or cyclic N) is 1. The van der Waals surface area contributed by atoms with Gasteiger partial charge in [0.2, 0.25) is 29.6 Å². The Morgan fingerprint density at radius 1 is 0.842 bits per heavy atom. The highest BCUT2D eigenvalue weighted by Gasteiger charge is 2.44. The van der Waals surface area contributed by atoms with E-state index in [4.69, 9.17) is 9.47 Å². The van der Waals surface area contributed by atoms with Crippen LogP contribution < -0.4 is 26.2 Å². The Kier molecular flexibility index (Phi) is 18.2. The zero-order chi connectivity index (χ0) is 54.0. The van der Waals surface area contributed by atoms with Gasteiger partial charge >= 0.3 is 0 Å². The number of carbonyl (C=O) groups is 4. The molecule has 0 saturated carbocycles. The largest absolute Gasteiger partial charge is 0.391 e. The van der Waals surface area contributed by atoms with E-state index < -0.39 is 39.3 Å². The van der Waals surface area contributed by atoms with Gasteiger partial charge in [-0.05, 0) is 72.0 Å². The molecule has 0 aliphatic carbocycles. The van der Waals surface area contributed by atoms with Crippen LogP contribution in [0.1, 0.15) is 44.9 Å². The maximum atomic E-state index is 14.0. The summed E-state index contributed by atoms with van der Waals surface area (Å²) < 4.78 is 36.9. The van der Waals surface area contributed by atoms with E-state index >= 15 is 0 Å². The zero-order valence-corrected chi connectivity index (χ0v) is 45.2. The van der Waals surface area contributed by atoms with Crippen molar-refractivity contribution in [3.63, 3.8) is 0 Å². The third-order valence-corrected chi connectivity index (χ3v) is 15.4. The van der Waals surface area contributed by atoms with Crippen LogP contribution in [-0.2, 0) is 45.0 Å². The summed E-state index contributed by atoms with van der Waals surface area (Å²) in [5.74, 6) is -0.844. The lowest BCUT2D eigenvalue weighted by Gasteiger charge is -2.35. The van der Waals surface area contributed by atoms with Gasteiger partial charge in [0, 0.05) is 81.8 Å². The number of benzene rings is 3. The number of hydrogen-bond donors (Lipinski definition) is 5. The van der Waals surface area contributed by atoms with Crippen LogP contribution in [0.5, 0.6) is 0 Å². The van der Waals surface area contributed by atoms with Crippen molar-refractivity contribution in [1.29, 1.82) is 0 Å². The normalized spacial score (nSPS) is 16.7. The van der Waals surface area contributed by atoms with Crippen molar-refractivity contribution in [1.82, 2.24) is 45.3 Å². The first-order chi connectivity index (χ1) is 36.4. The first kappa shape index (κ1) is 55.4. The fourth-order valence-electron chi connectivity index (χ4n) is 9.12. The van der Waals surface area contributed by atoms with Crippen LogP contribution in [0.15, 0.2) is 101 Å². The molecular formula is C54H67N11O9S2. The molecule has 0 spiro atoms. The van der Waals surface area contributed by atoms with Gasteiger partial charge in [-0.1, -0.05) is 63.2 Å². The number of anilines is 3. The van der Waals surface area contributed by atoms with E-state index in [1.165, 1.54) is 11.2 Å². The molecule has 0 bridgehead atoms. The second-order valence-corrected chi connectivity index (χ2v) is 23.0. The van der Waals surface area contributed by atoms with Crippen molar-refractivity contribution in [3.05, 3.63) is 108 Å². The number of sulfone groups is 1. The van der Waals surface area contributed by atoms with Gasteiger partial charge in [0.05, 0.1) is 65.7 Å². The van der Waals surface area contributed by atoms with Crippen molar-refractivity contribution in [2.45, 2.75) is 70.2 Å². The van der Waals surface area contributed by atoms with Crippen molar-refractivity contribution in [3.8, 4) is 21.7 Å². The molecule has 3 aromatic heterocycles. The molecule has 5 N–H and O–H groups in total. The maximum absolute atomic E-state index is 14.0. The average Bonchev–Trinajstić information content (AvgIpc) is 4.17. The number of pyridine rings is 1. The van der Waals surface area contributed by atoms with Crippen molar-refractivity contribution in [2.75, 3.05) is 88.7 Å². The summed E-state index contributed by atoms with van der Waals surface area (Å²) in [5.41, 5.74) is 8.13. The van der Waals surface area contributed by atoms with Crippen LogP contribution in [0.4, 0.5) is 17.3 Å². The van der Waals surface area contributed by atoms with Crippen LogP contribution in [-0.4, -0.2) is 163 Å². The highest BCUT2D eigenvalue weighted by molar-refractivity contribution is 7.90. The molecule has 8 rings (SSSR count). The number of thiazole rings is 1. The number of carbonyl (C=O) groups excluding carboxylic acids is 4. The van der Waals surface area contributed by atoms with E-state index in [9.17, 15) is 32.7 Å². The highest BCUT2D eigenvalue weighted by atomic mass is 32.2. The molecule has 20 nitrogen and oxygen atoms in total. The van der Waals surface area contributed by atoms with Gasteiger partial charge in [0.15, 0.2) is 15.5 Å². The molecule has 404 valence electrons. The number of rotatable bonds is 22. The molecule has 2 saturated heterocycles. The van der Waals surface area contributed by atoms with E-state index in [0.717, 1.165) is 70.5 Å². The molecule has 6 aromatic rings. The van der Waals surface area contributed by atoms with Crippen molar-refractivity contribution >= 4 is 67.8 Å². The van der Waals surface area contributed by atoms with Gasteiger partial charge in [-0.2, -0.15) is 4.98 Å². The molecule has 4 amide bonds. The lowest BCUT2D eigenvalue weighted by atomic mass is 9.85. The minimum Gasteiger partial charge on any atom is -0.391 e. The Bertz CT molecular complexity index is 3060. The molecule has 76 heavy (non-hydrogen) atoms. The van der Waals surface area contributed by atoms with Gasteiger partial charge in [0.25, 0.3) is 0 Å². The summed E-state index contributed by atoms with van der Waals surface area (Å²) in [6.07, 6.45) is 0.407. The molecule has 3 atom stereocenters. The summed E-state index contributed by atoms with van der Waals surface area (Å²) in [5, 5.41) is 27.2. The molecule has 22 heteroatoms. The number of aromatic nitrogens is 4. The van der Waals surface area contributed by atoms with Gasteiger partial charge in [-0.3, -0.25) is 24.1 Å². The van der Waals surface area contributed by atoms with Gasteiger partial charge in [-0.25, -0.2) is 17.9 Å². The number of amides is 4. The smallest absolute Gasteiger partial charge is 0.247 e. The summed E-state index contributed by atoms with van der Waals surface area (Å²) in [6, 6.07) is 26.4. The number of hydrogen-bond acceptors (Lipinski definition) is 16. The molecular weight excluding hydrogens is 1010 g/mol. The minimum atomic E-state index is -3.31. The predicted octanol–water partition coefficient (Wildman–Crippen LogP) is 4.45. The lowest BCUT2D eigenvalue weighted by Crippen LogP contribution is -2.57. The fourth-order valence-corrected chi connectivity index (χ4v) is 10.6. The molecule has 3 aromatic carbocycles. The summed E-state index contributed by atoms with van der Waals surface area (Å²) >= 11 is 1.57. The molecule has 0 unspecified atom stereocenters. The van der Waals surface area contributed by atoms with E-state index in [1.807, 2.05) is 99.9 Å². The monoisotopic (exact) mass is 1080 g/mol. The number of piperazine rings is 1. The summed E-state index contributed by atoms with van der Waals surface area (Å²) in [6.45, 7) is 12.2. The number of aliphatic hydroxyl groups is 1. The third kappa shape index (κ3) is 14.6. The second kappa shape index (κ2) is 24.9. The number of likely N-dealkylation sites (tertiary alicyclic amines) is 1. The summed E-state index contributed by atoms with van der Waals surface area (Å²) in [4.78, 5) is 69.3. The van der Waals surface area contributed by atoms with Crippen LogP contribution in [0.25, 0.3) is 27.3 Å². The van der Waals surface area contributed by atoms with Crippen LogP contribution in [0.2, 0.25) is 0 Å². The number of nitrogens with zero attached hydrogens (tertiary/aromatic N) is 7. The Balaban J connectivity index is 0.680. The van der Waals surface area contributed by atoms with E-state index in [2.05, 4.69) is 46.1 Å². The number of fused-ring (bicyclic) bond motifs is 1. The van der Waals surface area contributed by atoms with Gasteiger partial charge in [-0.15, -0.1) is 16.4 Å². The Morgan fingerprint density at radius 2 is 1.54 bits per heavy atom. The number of ether oxygens (including phenoxy) is 2.